The van der Waals surface area contributed by atoms with E-state index in [4.69, 9.17) is 9.47 Å². The lowest BCUT2D eigenvalue weighted by Gasteiger charge is -2.58. The van der Waals surface area contributed by atoms with Gasteiger partial charge in [0, 0.05) is 18.9 Å². The fourth-order valence-electron chi connectivity index (χ4n) is 4.89. The van der Waals surface area contributed by atoms with E-state index in [0.717, 1.165) is 5.56 Å². The van der Waals surface area contributed by atoms with E-state index in [-0.39, 0.29) is 24.0 Å². The van der Waals surface area contributed by atoms with Gasteiger partial charge in [0.15, 0.2) is 22.9 Å². The molecule has 3 unspecified atom stereocenters. The van der Waals surface area contributed by atoms with Gasteiger partial charge in [-0.1, -0.05) is 6.07 Å². The van der Waals surface area contributed by atoms with Crippen molar-refractivity contribution in [3.05, 3.63) is 35.4 Å². The van der Waals surface area contributed by atoms with Crippen LogP contribution in [0.25, 0.3) is 0 Å². The number of likely N-dealkylation sites (N-methyl/N-ethyl adjacent to an activating group) is 1. The van der Waals surface area contributed by atoms with Crippen LogP contribution in [0.3, 0.4) is 0 Å². The molecule has 3 atom stereocenters. The van der Waals surface area contributed by atoms with Crippen molar-refractivity contribution < 1.29 is 24.2 Å². The quantitative estimate of drug-likeness (QED) is 0.821. The predicted octanol–water partition coefficient (Wildman–Crippen LogP) is 2.50. The number of phenolic OH excluding ortho intramolecular Hbond substituents is 1. The topological polar surface area (TPSA) is 76.1 Å². The highest BCUT2D eigenvalue weighted by atomic mass is 16.6. The number of methoxy groups -OCH3 is 1. The van der Waals surface area contributed by atoms with Gasteiger partial charge in [-0.15, -0.1) is 0 Å². The molecule has 1 aromatic rings. The van der Waals surface area contributed by atoms with Gasteiger partial charge in [-0.2, -0.15) is 0 Å². The van der Waals surface area contributed by atoms with E-state index in [1.807, 2.05) is 27.0 Å². The molecule has 27 heavy (non-hydrogen) atoms. The third kappa shape index (κ3) is 2.74. The molecule has 6 heteroatoms. The van der Waals surface area contributed by atoms with E-state index < -0.39 is 17.0 Å². The van der Waals surface area contributed by atoms with Crippen molar-refractivity contribution >= 4 is 11.8 Å². The van der Waals surface area contributed by atoms with Gasteiger partial charge in [-0.25, -0.2) is 0 Å². The Hall–Kier alpha value is -2.34. The number of ketones is 1. The average molecular weight is 373 g/mol. The van der Waals surface area contributed by atoms with Crippen LogP contribution in [-0.2, 0) is 19.7 Å². The Labute approximate surface area is 159 Å². The molecule has 1 N–H and O–H groups in total. The van der Waals surface area contributed by atoms with E-state index in [2.05, 4.69) is 4.90 Å². The van der Waals surface area contributed by atoms with Gasteiger partial charge in [0.05, 0.1) is 18.6 Å². The minimum atomic E-state index is -1.06. The van der Waals surface area contributed by atoms with E-state index in [9.17, 15) is 14.7 Å². The summed E-state index contributed by atoms with van der Waals surface area (Å²) < 4.78 is 11.3. The number of aryl methyl sites for hydroxylation is 1. The summed E-state index contributed by atoms with van der Waals surface area (Å²) in [6, 6.07) is 3.40. The number of hydrogen-bond donors (Lipinski definition) is 1. The lowest BCUT2D eigenvalue weighted by molar-refractivity contribution is -0.178. The standard InChI is InChI=1S/C21H27NO5/c1-13-6-7-17(26-5)19(25)18(13)20-10-11-22(4)14(2)21(20,27-15(3)23)9-8-16(24)12-20/h6-9,14,25H,10-12H2,1-5H3. The third-order valence-electron chi connectivity index (χ3n) is 6.27. The molecule has 0 spiro atoms. The summed E-state index contributed by atoms with van der Waals surface area (Å²) >= 11 is 0. The number of aromatic hydroxyl groups is 1. The fraction of sp³-hybridized carbons (Fsp3) is 0.524. The van der Waals surface area contributed by atoms with E-state index in [0.29, 0.717) is 24.3 Å². The summed E-state index contributed by atoms with van der Waals surface area (Å²) in [5, 5.41) is 11.0. The zero-order valence-electron chi connectivity index (χ0n) is 16.5. The molecule has 0 saturated carbocycles. The number of nitrogens with zero attached hydrogens (tertiary/aromatic N) is 1. The summed E-state index contributed by atoms with van der Waals surface area (Å²) in [6.45, 7) is 5.97. The van der Waals surface area contributed by atoms with Gasteiger partial charge >= 0.3 is 5.97 Å². The van der Waals surface area contributed by atoms with Crippen molar-refractivity contribution in [1.29, 1.82) is 0 Å². The van der Waals surface area contributed by atoms with Crippen LogP contribution in [0.4, 0.5) is 0 Å². The molecule has 1 aromatic carbocycles. The van der Waals surface area contributed by atoms with Crippen molar-refractivity contribution in [3.63, 3.8) is 0 Å². The fourth-order valence-corrected chi connectivity index (χ4v) is 4.89. The summed E-state index contributed by atoms with van der Waals surface area (Å²) in [5.41, 5.74) is -0.460. The Bertz CT molecular complexity index is 817. The van der Waals surface area contributed by atoms with Gasteiger partial charge in [-0.05, 0) is 57.6 Å². The van der Waals surface area contributed by atoms with Crippen LogP contribution in [0.15, 0.2) is 24.3 Å². The lowest BCUT2D eigenvalue weighted by atomic mass is 9.55. The average Bonchev–Trinajstić information content (AvgIpc) is 2.60. The number of carbonyl (C=O) groups excluding carboxylic acids is 2. The second-order valence-corrected chi connectivity index (χ2v) is 7.66. The largest absolute Gasteiger partial charge is 0.504 e. The first-order chi connectivity index (χ1) is 12.7. The highest BCUT2D eigenvalue weighted by Crippen LogP contribution is 2.56. The van der Waals surface area contributed by atoms with E-state index >= 15 is 0 Å². The van der Waals surface area contributed by atoms with Crippen LogP contribution in [0, 0.1) is 6.92 Å². The number of phenols is 1. The molecule has 1 aliphatic carbocycles. The van der Waals surface area contributed by atoms with Gasteiger partial charge in [0.1, 0.15) is 0 Å². The number of carbonyl (C=O) groups is 2. The van der Waals surface area contributed by atoms with Crippen molar-refractivity contribution in [1.82, 2.24) is 4.90 Å². The number of rotatable bonds is 3. The van der Waals surface area contributed by atoms with Crippen LogP contribution < -0.4 is 4.74 Å². The number of benzene rings is 1. The monoisotopic (exact) mass is 373 g/mol. The smallest absolute Gasteiger partial charge is 0.303 e. The first kappa shape index (κ1) is 19.4. The molecular weight excluding hydrogens is 346 g/mol. The molecule has 2 aliphatic rings. The third-order valence-corrected chi connectivity index (χ3v) is 6.27. The summed E-state index contributed by atoms with van der Waals surface area (Å²) in [7, 11) is 3.47. The molecule has 0 aromatic heterocycles. The molecule has 0 bridgehead atoms. The van der Waals surface area contributed by atoms with Crippen LogP contribution in [0.1, 0.15) is 37.8 Å². The molecule has 1 heterocycles. The van der Waals surface area contributed by atoms with Crippen molar-refractivity contribution in [2.75, 3.05) is 20.7 Å². The van der Waals surface area contributed by atoms with Crippen LogP contribution in [0.2, 0.25) is 0 Å². The zero-order chi connectivity index (χ0) is 20.0. The highest BCUT2D eigenvalue weighted by molar-refractivity contribution is 5.93. The Kier molecular flexibility index (Phi) is 4.80. The number of hydrogen-bond acceptors (Lipinski definition) is 6. The Morgan fingerprint density at radius 3 is 2.70 bits per heavy atom. The Morgan fingerprint density at radius 2 is 2.07 bits per heavy atom. The SMILES string of the molecule is COc1ccc(C)c(C23CCN(C)C(C)C2(OC(C)=O)C=CC(=O)C3)c1O. The zero-order valence-corrected chi connectivity index (χ0v) is 16.5. The number of esters is 1. The minimum Gasteiger partial charge on any atom is -0.504 e. The van der Waals surface area contributed by atoms with Gasteiger partial charge in [-0.3, -0.25) is 14.5 Å². The first-order valence-electron chi connectivity index (χ1n) is 9.17. The summed E-state index contributed by atoms with van der Waals surface area (Å²) in [4.78, 5) is 26.8. The Balaban J connectivity index is 2.37. The van der Waals surface area contributed by atoms with Gasteiger partial charge in [0.2, 0.25) is 0 Å². The van der Waals surface area contributed by atoms with Crippen molar-refractivity contribution in [2.45, 2.75) is 50.7 Å². The van der Waals surface area contributed by atoms with E-state index in [1.165, 1.54) is 20.1 Å². The van der Waals surface area contributed by atoms with Crippen molar-refractivity contribution in [2.24, 2.45) is 0 Å². The van der Waals surface area contributed by atoms with Crippen LogP contribution in [-0.4, -0.2) is 54.1 Å². The number of fused-ring (bicyclic) bond motifs is 1. The molecule has 146 valence electrons. The maximum atomic E-state index is 12.5. The lowest BCUT2D eigenvalue weighted by Crippen LogP contribution is -2.69. The maximum absolute atomic E-state index is 12.5. The predicted molar refractivity (Wildman–Crippen MR) is 101 cm³/mol. The first-order valence-corrected chi connectivity index (χ1v) is 9.17. The van der Waals surface area contributed by atoms with Gasteiger partial charge in [0.25, 0.3) is 0 Å². The molecule has 0 radical (unpaired) electrons. The molecule has 1 fully saturated rings. The highest BCUT2D eigenvalue weighted by Gasteiger charge is 2.63. The minimum absolute atomic E-state index is 0.00822. The molecular formula is C21H27NO5. The number of likely N-dealkylation sites (tertiary alicyclic amines) is 1. The van der Waals surface area contributed by atoms with Crippen LogP contribution >= 0.6 is 0 Å². The molecule has 1 aliphatic heterocycles. The number of ether oxygens (including phenoxy) is 2. The van der Waals surface area contributed by atoms with E-state index in [1.54, 1.807) is 12.1 Å². The molecule has 0 amide bonds. The summed E-state index contributed by atoms with van der Waals surface area (Å²) in [5.74, 6) is -0.110. The Morgan fingerprint density at radius 1 is 1.37 bits per heavy atom. The second kappa shape index (κ2) is 6.68. The maximum Gasteiger partial charge on any atom is 0.303 e. The number of allylic oxidation sites excluding steroid dienone is 1. The normalized spacial score (nSPS) is 30.7. The van der Waals surface area contributed by atoms with Gasteiger partial charge < -0.3 is 14.6 Å². The van der Waals surface area contributed by atoms with Crippen molar-refractivity contribution in [3.8, 4) is 11.5 Å². The second-order valence-electron chi connectivity index (χ2n) is 7.66. The molecule has 1 saturated heterocycles. The number of piperidine rings is 1. The molecule has 3 rings (SSSR count). The molecule has 6 nitrogen and oxygen atoms in total. The summed E-state index contributed by atoms with van der Waals surface area (Å²) in [6.07, 6.45) is 3.96. The van der Waals surface area contributed by atoms with Crippen LogP contribution in [0.5, 0.6) is 11.5 Å².